The fraction of sp³-hybridized carbons (Fsp3) is 0.400. The molecule has 0 fully saturated rings. The van der Waals surface area contributed by atoms with Gasteiger partial charge in [-0.05, 0) is 24.4 Å². The van der Waals surface area contributed by atoms with Gasteiger partial charge in [-0.25, -0.2) is 0 Å². The molecule has 1 unspecified atom stereocenters. The van der Waals surface area contributed by atoms with Crippen LogP contribution in [0.5, 0.6) is 0 Å². The normalized spacial score (nSPS) is 12.4. The number of benzene rings is 1. The molecule has 0 bridgehead atoms. The summed E-state index contributed by atoms with van der Waals surface area (Å²) in [6.45, 7) is 2.55. The Kier molecular flexibility index (Phi) is 3.59. The fourth-order valence-electron chi connectivity index (χ4n) is 1.43. The average molecular weight is 194 g/mol. The molecule has 0 radical (unpaired) electrons. The predicted octanol–water partition coefficient (Wildman–Crippen LogP) is 2.05. The Morgan fingerprint density at radius 3 is 2.79 bits per heavy atom. The van der Waals surface area contributed by atoms with Gasteiger partial charge in [0.25, 0.3) is 5.69 Å². The molecular formula is C10H14N2O2. The third kappa shape index (κ3) is 2.29. The van der Waals surface area contributed by atoms with E-state index >= 15 is 0 Å². The lowest BCUT2D eigenvalue weighted by Crippen LogP contribution is -2.11. The van der Waals surface area contributed by atoms with Crippen LogP contribution in [0.25, 0.3) is 0 Å². The zero-order valence-corrected chi connectivity index (χ0v) is 8.14. The fourth-order valence-corrected chi connectivity index (χ4v) is 1.43. The van der Waals surface area contributed by atoms with Crippen molar-refractivity contribution in [3.05, 3.63) is 39.9 Å². The minimum atomic E-state index is -0.382. The van der Waals surface area contributed by atoms with Crippen molar-refractivity contribution in [1.82, 2.24) is 0 Å². The Hall–Kier alpha value is -1.42. The lowest BCUT2D eigenvalue weighted by atomic mass is 9.96. The summed E-state index contributed by atoms with van der Waals surface area (Å²) >= 11 is 0. The molecule has 0 aliphatic rings. The molecule has 1 aromatic carbocycles. The summed E-state index contributed by atoms with van der Waals surface area (Å²) in [7, 11) is 0. The second kappa shape index (κ2) is 4.72. The summed E-state index contributed by atoms with van der Waals surface area (Å²) in [6.07, 6.45) is 0.900. The molecule has 1 aromatic rings. The molecule has 0 spiro atoms. The first kappa shape index (κ1) is 10.7. The highest BCUT2D eigenvalue weighted by Crippen LogP contribution is 2.22. The van der Waals surface area contributed by atoms with E-state index < -0.39 is 0 Å². The number of nitro benzene ring substituents is 1. The van der Waals surface area contributed by atoms with Crippen molar-refractivity contribution in [3.8, 4) is 0 Å². The molecule has 4 heteroatoms. The van der Waals surface area contributed by atoms with Gasteiger partial charge in [0.15, 0.2) is 0 Å². The number of non-ortho nitro benzene ring substituents is 1. The zero-order chi connectivity index (χ0) is 10.6. The van der Waals surface area contributed by atoms with Crippen molar-refractivity contribution >= 4 is 5.69 Å². The second-order valence-corrected chi connectivity index (χ2v) is 3.19. The van der Waals surface area contributed by atoms with Gasteiger partial charge < -0.3 is 5.73 Å². The van der Waals surface area contributed by atoms with Crippen molar-refractivity contribution in [3.63, 3.8) is 0 Å². The van der Waals surface area contributed by atoms with Crippen LogP contribution in [0.3, 0.4) is 0 Å². The molecule has 0 amide bonds. The highest BCUT2D eigenvalue weighted by molar-refractivity contribution is 5.36. The maximum absolute atomic E-state index is 10.5. The molecular weight excluding hydrogens is 180 g/mol. The molecule has 0 aliphatic heterocycles. The Labute approximate surface area is 82.9 Å². The van der Waals surface area contributed by atoms with E-state index in [0.717, 1.165) is 12.0 Å². The Morgan fingerprint density at radius 2 is 2.29 bits per heavy atom. The summed E-state index contributed by atoms with van der Waals surface area (Å²) in [5, 5.41) is 10.5. The quantitative estimate of drug-likeness (QED) is 0.589. The van der Waals surface area contributed by atoms with Crippen LogP contribution >= 0.6 is 0 Å². The molecule has 14 heavy (non-hydrogen) atoms. The van der Waals surface area contributed by atoms with Gasteiger partial charge in [0, 0.05) is 12.1 Å². The van der Waals surface area contributed by atoms with Crippen molar-refractivity contribution in [1.29, 1.82) is 0 Å². The molecule has 4 nitrogen and oxygen atoms in total. The molecule has 0 heterocycles. The van der Waals surface area contributed by atoms with E-state index in [9.17, 15) is 10.1 Å². The summed E-state index contributed by atoms with van der Waals surface area (Å²) in [4.78, 5) is 10.1. The summed E-state index contributed by atoms with van der Waals surface area (Å²) in [6, 6.07) is 6.67. The van der Waals surface area contributed by atoms with E-state index in [0.29, 0.717) is 6.54 Å². The summed E-state index contributed by atoms with van der Waals surface area (Å²) in [5.74, 6) is 0.217. The van der Waals surface area contributed by atoms with Crippen molar-refractivity contribution in [2.45, 2.75) is 19.3 Å². The lowest BCUT2D eigenvalue weighted by molar-refractivity contribution is -0.384. The minimum absolute atomic E-state index is 0.134. The number of rotatable bonds is 4. The topological polar surface area (TPSA) is 69.2 Å². The van der Waals surface area contributed by atoms with Crippen LogP contribution < -0.4 is 5.73 Å². The van der Waals surface area contributed by atoms with Gasteiger partial charge in [0.05, 0.1) is 4.92 Å². The molecule has 76 valence electrons. The molecule has 0 saturated heterocycles. The van der Waals surface area contributed by atoms with Crippen LogP contribution in [-0.2, 0) is 0 Å². The van der Waals surface area contributed by atoms with Crippen molar-refractivity contribution in [2.24, 2.45) is 5.73 Å². The Bertz CT molecular complexity index is 322. The monoisotopic (exact) mass is 194 g/mol. The number of nitrogens with zero attached hydrogens (tertiary/aromatic N) is 1. The third-order valence-electron chi connectivity index (χ3n) is 2.33. The number of nitrogens with two attached hydrogens (primary N) is 1. The average Bonchev–Trinajstić information content (AvgIpc) is 2.20. The first-order valence-electron chi connectivity index (χ1n) is 4.63. The van der Waals surface area contributed by atoms with E-state index in [-0.39, 0.29) is 16.5 Å². The van der Waals surface area contributed by atoms with Crippen LogP contribution in [0.15, 0.2) is 24.3 Å². The first-order chi connectivity index (χ1) is 6.69. The Balaban J connectivity index is 2.98. The molecule has 2 N–H and O–H groups in total. The number of hydrogen-bond acceptors (Lipinski definition) is 3. The predicted molar refractivity (Wildman–Crippen MR) is 55.2 cm³/mol. The van der Waals surface area contributed by atoms with E-state index in [1.807, 2.05) is 13.0 Å². The van der Waals surface area contributed by atoms with Crippen molar-refractivity contribution in [2.75, 3.05) is 6.54 Å². The van der Waals surface area contributed by atoms with Crippen LogP contribution in [-0.4, -0.2) is 11.5 Å². The molecule has 1 atom stereocenters. The third-order valence-corrected chi connectivity index (χ3v) is 2.33. The van der Waals surface area contributed by atoms with Crippen molar-refractivity contribution < 1.29 is 4.92 Å². The molecule has 0 aliphatic carbocycles. The van der Waals surface area contributed by atoms with Gasteiger partial charge in [0.2, 0.25) is 0 Å². The zero-order valence-electron chi connectivity index (χ0n) is 8.14. The standard InChI is InChI=1S/C10H14N2O2/c1-2-8(7-11)9-4-3-5-10(6-9)12(13)14/h3-6,8H,2,7,11H2,1H3. The molecule has 1 rings (SSSR count). The van der Waals surface area contributed by atoms with E-state index in [2.05, 4.69) is 0 Å². The maximum Gasteiger partial charge on any atom is 0.269 e. The largest absolute Gasteiger partial charge is 0.330 e. The highest BCUT2D eigenvalue weighted by Gasteiger charge is 2.11. The second-order valence-electron chi connectivity index (χ2n) is 3.19. The first-order valence-corrected chi connectivity index (χ1v) is 4.63. The van der Waals surface area contributed by atoms with Gasteiger partial charge in [-0.1, -0.05) is 19.1 Å². The van der Waals surface area contributed by atoms with E-state index in [4.69, 9.17) is 5.73 Å². The maximum atomic E-state index is 10.5. The highest BCUT2D eigenvalue weighted by atomic mass is 16.6. The number of nitro groups is 1. The van der Waals surface area contributed by atoms with E-state index in [1.54, 1.807) is 12.1 Å². The van der Waals surface area contributed by atoms with Gasteiger partial charge in [0.1, 0.15) is 0 Å². The van der Waals surface area contributed by atoms with E-state index in [1.165, 1.54) is 6.07 Å². The lowest BCUT2D eigenvalue weighted by Gasteiger charge is -2.11. The van der Waals surface area contributed by atoms with Gasteiger partial charge in [-0.3, -0.25) is 10.1 Å². The Morgan fingerprint density at radius 1 is 1.57 bits per heavy atom. The van der Waals surface area contributed by atoms with Crippen LogP contribution in [0, 0.1) is 10.1 Å². The molecule has 0 saturated carbocycles. The summed E-state index contributed by atoms with van der Waals surface area (Å²) < 4.78 is 0. The van der Waals surface area contributed by atoms with Gasteiger partial charge in [-0.15, -0.1) is 0 Å². The van der Waals surface area contributed by atoms with Crippen LogP contribution in [0.2, 0.25) is 0 Å². The van der Waals surface area contributed by atoms with Crippen LogP contribution in [0.1, 0.15) is 24.8 Å². The molecule has 0 aromatic heterocycles. The summed E-state index contributed by atoms with van der Waals surface area (Å²) in [5.41, 5.74) is 6.65. The van der Waals surface area contributed by atoms with Gasteiger partial charge >= 0.3 is 0 Å². The minimum Gasteiger partial charge on any atom is -0.330 e. The number of hydrogen-bond donors (Lipinski definition) is 1. The van der Waals surface area contributed by atoms with Crippen LogP contribution in [0.4, 0.5) is 5.69 Å². The SMILES string of the molecule is CCC(CN)c1cccc([N+](=O)[O-])c1. The smallest absolute Gasteiger partial charge is 0.269 e. The van der Waals surface area contributed by atoms with Gasteiger partial charge in [-0.2, -0.15) is 0 Å².